The number of pyridine rings is 1. The van der Waals surface area contributed by atoms with E-state index >= 15 is 0 Å². The van der Waals surface area contributed by atoms with Crippen LogP contribution < -0.4 is 0 Å². The Bertz CT molecular complexity index is 982. The van der Waals surface area contributed by atoms with E-state index in [1.165, 1.54) is 6.92 Å². The van der Waals surface area contributed by atoms with Gasteiger partial charge in [0, 0.05) is 32.4 Å². The molecule has 0 aliphatic carbocycles. The monoisotopic (exact) mass is 457 g/mol. The molecule has 0 radical (unpaired) electrons. The molecule has 1 N–H and O–H groups in total. The van der Waals surface area contributed by atoms with E-state index in [0.717, 1.165) is 22.5 Å². The van der Waals surface area contributed by atoms with Gasteiger partial charge < -0.3 is 14.6 Å². The van der Waals surface area contributed by atoms with Crippen LogP contribution in [0.5, 0.6) is 0 Å². The van der Waals surface area contributed by atoms with Crippen LogP contribution in [0.25, 0.3) is 17.0 Å². The molecule has 2 atom stereocenters. The van der Waals surface area contributed by atoms with Crippen LogP contribution in [0.3, 0.4) is 0 Å². The maximum atomic E-state index is 11.4. The van der Waals surface area contributed by atoms with E-state index in [0.29, 0.717) is 18.9 Å². The molecule has 0 aliphatic rings. The van der Waals surface area contributed by atoms with Crippen LogP contribution in [-0.2, 0) is 19.1 Å². The fourth-order valence-electron chi connectivity index (χ4n) is 3.27. The third kappa shape index (κ3) is 8.55. The van der Waals surface area contributed by atoms with Gasteiger partial charge in [0.1, 0.15) is 6.10 Å². The Morgan fingerprint density at radius 1 is 1.22 bits per heavy atom. The van der Waals surface area contributed by atoms with Gasteiger partial charge in [-0.3, -0.25) is 9.59 Å². The van der Waals surface area contributed by atoms with E-state index in [2.05, 4.69) is 24.6 Å². The average Bonchev–Trinajstić information content (AvgIpc) is 2.67. The zero-order valence-corrected chi connectivity index (χ0v) is 21.0. The van der Waals surface area contributed by atoms with Crippen molar-refractivity contribution in [3.63, 3.8) is 0 Å². The maximum Gasteiger partial charge on any atom is 0.304 e. The number of ether oxygens (including phenoxy) is 2. The van der Waals surface area contributed by atoms with Crippen LogP contribution >= 0.6 is 0 Å². The number of aromatic nitrogens is 1. The van der Waals surface area contributed by atoms with E-state index in [-0.39, 0.29) is 12.4 Å². The Kier molecular flexibility index (Phi) is 8.75. The van der Waals surface area contributed by atoms with Crippen molar-refractivity contribution in [3.8, 4) is 0 Å². The largest absolute Gasteiger partial charge is 0.481 e. The number of hydrogen-bond donors (Lipinski definition) is 1. The van der Waals surface area contributed by atoms with Gasteiger partial charge >= 0.3 is 11.9 Å². The molecular formula is C25H35NO5Si. The van der Waals surface area contributed by atoms with E-state index in [4.69, 9.17) is 9.47 Å². The lowest BCUT2D eigenvalue weighted by molar-refractivity contribution is -0.146. The second-order valence-electron chi connectivity index (χ2n) is 9.86. The number of fused-ring (bicyclic) bond motifs is 1. The van der Waals surface area contributed by atoms with Crippen LogP contribution in [0.15, 0.2) is 36.4 Å². The SMILES string of the molecule is CC(=O)O[C@H](C)c1ccc2ccc(/C=C/C(C)(COCC[Si](C)(C)C)CC(=O)O)cc2n1. The molecule has 0 bridgehead atoms. The first-order valence-corrected chi connectivity index (χ1v) is 14.6. The molecule has 0 aliphatic heterocycles. The fraction of sp³-hybridized carbons (Fsp3) is 0.480. The van der Waals surface area contributed by atoms with Crippen molar-refractivity contribution in [1.29, 1.82) is 0 Å². The molecule has 174 valence electrons. The quantitative estimate of drug-likeness (QED) is 0.264. The molecule has 1 aromatic heterocycles. The topological polar surface area (TPSA) is 85.7 Å². The number of hydrogen-bond acceptors (Lipinski definition) is 5. The van der Waals surface area contributed by atoms with Gasteiger partial charge in [-0.15, -0.1) is 0 Å². The normalized spacial score (nSPS) is 14.9. The van der Waals surface area contributed by atoms with E-state index in [1.807, 2.05) is 49.4 Å². The molecule has 2 rings (SSSR count). The van der Waals surface area contributed by atoms with Crippen LogP contribution in [0.4, 0.5) is 0 Å². The predicted octanol–water partition coefficient (Wildman–Crippen LogP) is 5.71. The summed E-state index contributed by atoms with van der Waals surface area (Å²) in [6.07, 6.45) is 3.41. The van der Waals surface area contributed by atoms with Gasteiger partial charge in [-0.2, -0.15) is 0 Å². The van der Waals surface area contributed by atoms with Gasteiger partial charge in [-0.1, -0.05) is 56.9 Å². The lowest BCUT2D eigenvalue weighted by Gasteiger charge is -2.25. The van der Waals surface area contributed by atoms with Crippen molar-refractivity contribution in [3.05, 3.63) is 47.7 Å². The van der Waals surface area contributed by atoms with Crippen LogP contribution in [0.1, 0.15) is 44.6 Å². The number of nitrogens with zero attached hydrogens (tertiary/aromatic N) is 1. The minimum absolute atomic E-state index is 0.00761. The highest BCUT2D eigenvalue weighted by Gasteiger charge is 2.25. The predicted molar refractivity (Wildman–Crippen MR) is 130 cm³/mol. The van der Waals surface area contributed by atoms with Crippen molar-refractivity contribution in [2.45, 2.75) is 59.0 Å². The van der Waals surface area contributed by atoms with Crippen molar-refractivity contribution < 1.29 is 24.2 Å². The summed E-state index contributed by atoms with van der Waals surface area (Å²) >= 11 is 0. The number of carbonyl (C=O) groups is 2. The molecule has 2 aromatic rings. The van der Waals surface area contributed by atoms with Gasteiger partial charge in [0.2, 0.25) is 0 Å². The first-order chi connectivity index (χ1) is 14.9. The van der Waals surface area contributed by atoms with Crippen LogP contribution in [0, 0.1) is 5.41 Å². The number of carbonyl (C=O) groups excluding carboxylic acids is 1. The van der Waals surface area contributed by atoms with Crippen molar-refractivity contribution in [2.24, 2.45) is 5.41 Å². The second-order valence-corrected chi connectivity index (χ2v) is 15.5. The molecule has 0 fully saturated rings. The van der Waals surface area contributed by atoms with Gasteiger partial charge in [-0.05, 0) is 30.7 Å². The van der Waals surface area contributed by atoms with Crippen molar-refractivity contribution >= 4 is 37.0 Å². The molecule has 0 amide bonds. The molecule has 6 nitrogen and oxygen atoms in total. The zero-order valence-electron chi connectivity index (χ0n) is 20.0. The highest BCUT2D eigenvalue weighted by molar-refractivity contribution is 6.76. The minimum Gasteiger partial charge on any atom is -0.481 e. The number of carboxylic acid groups (broad SMARTS) is 1. The Labute approximate surface area is 191 Å². The Morgan fingerprint density at radius 2 is 1.91 bits per heavy atom. The maximum absolute atomic E-state index is 11.4. The lowest BCUT2D eigenvalue weighted by atomic mass is 9.86. The van der Waals surface area contributed by atoms with Crippen LogP contribution in [0.2, 0.25) is 25.7 Å². The summed E-state index contributed by atoms with van der Waals surface area (Å²) in [4.78, 5) is 27.3. The summed E-state index contributed by atoms with van der Waals surface area (Å²) in [5, 5.41) is 10.4. The van der Waals surface area contributed by atoms with Crippen molar-refractivity contribution in [2.75, 3.05) is 13.2 Å². The second kappa shape index (κ2) is 10.9. The highest BCUT2D eigenvalue weighted by Crippen LogP contribution is 2.27. The molecule has 0 saturated carbocycles. The zero-order chi connectivity index (χ0) is 23.9. The number of benzene rings is 1. The summed E-state index contributed by atoms with van der Waals surface area (Å²) in [6, 6.07) is 10.7. The molecule has 0 saturated heterocycles. The summed E-state index contributed by atoms with van der Waals surface area (Å²) in [6.45, 7) is 13.0. The summed E-state index contributed by atoms with van der Waals surface area (Å²) in [5.74, 6) is -1.20. The smallest absolute Gasteiger partial charge is 0.304 e. The van der Waals surface area contributed by atoms with E-state index < -0.39 is 25.6 Å². The summed E-state index contributed by atoms with van der Waals surface area (Å²) in [5.41, 5.74) is 1.77. The van der Waals surface area contributed by atoms with Crippen molar-refractivity contribution in [1.82, 2.24) is 4.98 Å². The third-order valence-corrected chi connectivity index (χ3v) is 6.86. The van der Waals surface area contributed by atoms with Crippen LogP contribution in [-0.4, -0.2) is 43.3 Å². The average molecular weight is 458 g/mol. The Hall–Kier alpha value is -2.51. The molecule has 32 heavy (non-hydrogen) atoms. The molecule has 1 aromatic carbocycles. The lowest BCUT2D eigenvalue weighted by Crippen LogP contribution is -2.27. The van der Waals surface area contributed by atoms with Gasteiger partial charge in [0.15, 0.2) is 0 Å². The molecule has 1 heterocycles. The molecule has 1 unspecified atom stereocenters. The van der Waals surface area contributed by atoms with E-state index in [9.17, 15) is 14.7 Å². The summed E-state index contributed by atoms with van der Waals surface area (Å²) in [7, 11) is -1.20. The number of rotatable bonds is 11. The van der Waals surface area contributed by atoms with Gasteiger partial charge in [0.25, 0.3) is 0 Å². The van der Waals surface area contributed by atoms with Gasteiger partial charge in [0.05, 0.1) is 24.2 Å². The number of carboxylic acids is 1. The number of aliphatic carboxylic acids is 1. The number of esters is 1. The molecule has 7 heteroatoms. The summed E-state index contributed by atoms with van der Waals surface area (Å²) < 4.78 is 11.1. The highest BCUT2D eigenvalue weighted by atomic mass is 28.3. The standard InChI is InChI=1S/C25H35NO5Si/c1-18(31-19(2)27)22-10-9-21-8-7-20(15-23(21)26-22)11-12-25(3,16-24(28)29)17-30-13-14-32(4,5)6/h7-12,15,18H,13-14,16-17H2,1-6H3,(H,28,29)/b12-11+/t18-,25?/m1/s1. The molecule has 0 spiro atoms. The van der Waals surface area contributed by atoms with Gasteiger partial charge in [-0.25, -0.2) is 4.98 Å². The first kappa shape index (κ1) is 25.7. The Morgan fingerprint density at radius 3 is 2.53 bits per heavy atom. The van der Waals surface area contributed by atoms with E-state index in [1.54, 1.807) is 6.92 Å². The minimum atomic E-state index is -1.20. The third-order valence-electron chi connectivity index (χ3n) is 5.16. The first-order valence-electron chi connectivity index (χ1n) is 10.9. The molecular weight excluding hydrogens is 422 g/mol. The Balaban J connectivity index is 2.19. The fourth-order valence-corrected chi connectivity index (χ4v) is 4.03.